The summed E-state index contributed by atoms with van der Waals surface area (Å²) in [5.74, 6) is 0. The summed E-state index contributed by atoms with van der Waals surface area (Å²) in [7, 11) is 1.68. The summed E-state index contributed by atoms with van der Waals surface area (Å²) in [4.78, 5) is 0. The van der Waals surface area contributed by atoms with Crippen molar-refractivity contribution in [3.63, 3.8) is 0 Å². The molecule has 0 bridgehead atoms. The van der Waals surface area contributed by atoms with Gasteiger partial charge in [0.25, 0.3) is 0 Å². The molecule has 0 unspecified atom stereocenters. The van der Waals surface area contributed by atoms with Crippen LogP contribution in [0.3, 0.4) is 0 Å². The standard InChI is InChI=1S/C17H16N4.C7H8/c1-13-12-14(8-9-16(13)20-18-2)17-10-11-19-21(17)15-6-4-3-5-7-15;1-7-5-3-2-4-6-7/h3-12H,1-2H3;2-6H,1H3. The lowest BCUT2D eigenvalue weighted by atomic mass is 10.1. The fourth-order valence-corrected chi connectivity index (χ4v) is 2.87. The minimum Gasteiger partial charge on any atom is -0.233 e. The van der Waals surface area contributed by atoms with E-state index in [1.54, 1.807) is 7.05 Å². The van der Waals surface area contributed by atoms with Gasteiger partial charge in [-0.1, -0.05) is 60.2 Å². The Bertz CT molecular complexity index is 1030. The maximum Gasteiger partial charge on any atom is 0.0881 e. The number of para-hydroxylation sites is 1. The van der Waals surface area contributed by atoms with Crippen molar-refractivity contribution in [2.75, 3.05) is 7.05 Å². The van der Waals surface area contributed by atoms with Crippen LogP contribution in [-0.2, 0) is 0 Å². The van der Waals surface area contributed by atoms with Crippen molar-refractivity contribution in [2.24, 2.45) is 10.2 Å². The predicted molar refractivity (Wildman–Crippen MR) is 115 cm³/mol. The van der Waals surface area contributed by atoms with Crippen LogP contribution in [0.15, 0.2) is 101 Å². The highest BCUT2D eigenvalue weighted by Crippen LogP contribution is 2.27. The molecule has 0 spiro atoms. The van der Waals surface area contributed by atoms with Gasteiger partial charge < -0.3 is 0 Å². The molecule has 3 aromatic carbocycles. The molecule has 1 heterocycles. The molecule has 140 valence electrons. The monoisotopic (exact) mass is 368 g/mol. The molecule has 0 aliphatic heterocycles. The first-order chi connectivity index (χ1) is 13.7. The smallest absolute Gasteiger partial charge is 0.0881 e. The van der Waals surface area contributed by atoms with Crippen LogP contribution in [0, 0.1) is 13.8 Å². The highest BCUT2D eigenvalue weighted by Gasteiger charge is 2.08. The van der Waals surface area contributed by atoms with Gasteiger partial charge in [0, 0.05) is 12.6 Å². The molecule has 4 heteroatoms. The van der Waals surface area contributed by atoms with Gasteiger partial charge in [0.05, 0.1) is 23.3 Å². The molecule has 0 amide bonds. The normalized spacial score (nSPS) is 10.5. The zero-order valence-corrected chi connectivity index (χ0v) is 16.4. The van der Waals surface area contributed by atoms with Gasteiger partial charge in [-0.05, 0) is 49.7 Å². The van der Waals surface area contributed by atoms with Gasteiger partial charge in [0.15, 0.2) is 0 Å². The SMILES string of the molecule is CN=Nc1ccc(-c2ccnn2-c2ccccc2)cc1C.Cc1ccccc1. The lowest BCUT2D eigenvalue weighted by Gasteiger charge is -2.09. The number of aromatic nitrogens is 2. The molecule has 0 N–H and O–H groups in total. The van der Waals surface area contributed by atoms with Crippen LogP contribution in [0.1, 0.15) is 11.1 Å². The highest BCUT2D eigenvalue weighted by atomic mass is 15.3. The van der Waals surface area contributed by atoms with Gasteiger partial charge in [0.1, 0.15) is 0 Å². The molecular formula is C24H24N4. The minimum absolute atomic E-state index is 0.895. The summed E-state index contributed by atoms with van der Waals surface area (Å²) in [5, 5.41) is 12.4. The number of hydrogen-bond acceptors (Lipinski definition) is 3. The first kappa shape index (κ1) is 19.2. The fourth-order valence-electron chi connectivity index (χ4n) is 2.87. The summed E-state index contributed by atoms with van der Waals surface area (Å²) in [5.41, 5.74) is 6.54. The van der Waals surface area contributed by atoms with Gasteiger partial charge in [-0.15, -0.1) is 0 Å². The van der Waals surface area contributed by atoms with Crippen LogP contribution in [0.2, 0.25) is 0 Å². The summed E-state index contributed by atoms with van der Waals surface area (Å²) in [6.45, 7) is 4.12. The molecule has 0 saturated heterocycles. The van der Waals surface area contributed by atoms with E-state index >= 15 is 0 Å². The Morgan fingerprint density at radius 3 is 2.04 bits per heavy atom. The van der Waals surface area contributed by atoms with E-state index in [9.17, 15) is 0 Å². The van der Waals surface area contributed by atoms with E-state index in [-0.39, 0.29) is 0 Å². The quantitative estimate of drug-likeness (QED) is 0.378. The topological polar surface area (TPSA) is 42.5 Å². The van der Waals surface area contributed by atoms with Crippen LogP contribution < -0.4 is 0 Å². The number of hydrogen-bond donors (Lipinski definition) is 0. The van der Waals surface area contributed by atoms with Crippen molar-refractivity contribution < 1.29 is 0 Å². The van der Waals surface area contributed by atoms with E-state index in [0.29, 0.717) is 0 Å². The summed E-state index contributed by atoms with van der Waals surface area (Å²) >= 11 is 0. The lowest BCUT2D eigenvalue weighted by molar-refractivity contribution is 0.888. The fraction of sp³-hybridized carbons (Fsp3) is 0.125. The Labute approximate surface area is 166 Å². The van der Waals surface area contributed by atoms with E-state index in [2.05, 4.69) is 40.5 Å². The molecule has 0 atom stereocenters. The predicted octanol–water partition coefficient (Wildman–Crippen LogP) is 6.56. The van der Waals surface area contributed by atoms with Crippen LogP contribution in [-0.4, -0.2) is 16.8 Å². The average molecular weight is 368 g/mol. The molecule has 0 saturated carbocycles. The molecule has 4 nitrogen and oxygen atoms in total. The first-order valence-corrected chi connectivity index (χ1v) is 9.21. The van der Waals surface area contributed by atoms with E-state index in [4.69, 9.17) is 0 Å². The van der Waals surface area contributed by atoms with Crippen molar-refractivity contribution in [3.8, 4) is 16.9 Å². The number of benzene rings is 3. The summed E-state index contributed by atoms with van der Waals surface area (Å²) in [6.07, 6.45) is 1.82. The van der Waals surface area contributed by atoms with Gasteiger partial charge in [0.2, 0.25) is 0 Å². The van der Waals surface area contributed by atoms with Crippen LogP contribution in [0.5, 0.6) is 0 Å². The molecule has 0 aliphatic rings. The third-order valence-corrected chi connectivity index (χ3v) is 4.28. The van der Waals surface area contributed by atoms with E-state index < -0.39 is 0 Å². The van der Waals surface area contributed by atoms with Crippen LogP contribution in [0.25, 0.3) is 16.9 Å². The van der Waals surface area contributed by atoms with E-state index in [1.165, 1.54) is 5.56 Å². The average Bonchev–Trinajstić information content (AvgIpc) is 3.21. The summed E-state index contributed by atoms with van der Waals surface area (Å²) in [6, 6.07) is 28.5. The molecule has 1 aromatic heterocycles. The van der Waals surface area contributed by atoms with E-state index in [1.807, 2.05) is 84.5 Å². The number of azo groups is 1. The van der Waals surface area contributed by atoms with Crippen LogP contribution >= 0.6 is 0 Å². The molecule has 4 aromatic rings. The van der Waals surface area contributed by atoms with Gasteiger partial charge in [-0.3, -0.25) is 0 Å². The molecular weight excluding hydrogens is 344 g/mol. The Kier molecular flexibility index (Phi) is 6.47. The Morgan fingerprint density at radius 2 is 1.46 bits per heavy atom. The van der Waals surface area contributed by atoms with Gasteiger partial charge in [-0.25, -0.2) is 4.68 Å². The molecule has 0 aliphatic carbocycles. The largest absolute Gasteiger partial charge is 0.233 e. The third-order valence-electron chi connectivity index (χ3n) is 4.28. The maximum atomic E-state index is 4.43. The van der Waals surface area contributed by atoms with Crippen molar-refractivity contribution in [1.29, 1.82) is 0 Å². The second kappa shape index (κ2) is 9.42. The maximum absolute atomic E-state index is 4.43. The van der Waals surface area contributed by atoms with Gasteiger partial charge >= 0.3 is 0 Å². The summed E-state index contributed by atoms with van der Waals surface area (Å²) < 4.78 is 1.94. The zero-order chi connectivity index (χ0) is 19.8. The second-order valence-electron chi connectivity index (χ2n) is 6.42. The second-order valence-corrected chi connectivity index (χ2v) is 6.42. The number of rotatable bonds is 3. The molecule has 4 rings (SSSR count). The van der Waals surface area contributed by atoms with Crippen molar-refractivity contribution >= 4 is 5.69 Å². The van der Waals surface area contributed by atoms with Crippen molar-refractivity contribution in [1.82, 2.24) is 9.78 Å². The first-order valence-electron chi connectivity index (χ1n) is 9.21. The van der Waals surface area contributed by atoms with Gasteiger partial charge in [-0.2, -0.15) is 15.3 Å². The molecule has 28 heavy (non-hydrogen) atoms. The highest BCUT2D eigenvalue weighted by molar-refractivity contribution is 5.66. The minimum atomic E-state index is 0.895. The van der Waals surface area contributed by atoms with E-state index in [0.717, 1.165) is 28.2 Å². The Balaban J connectivity index is 0.000000271. The Hall–Kier alpha value is -3.53. The van der Waals surface area contributed by atoms with Crippen LogP contribution in [0.4, 0.5) is 5.69 Å². The number of aryl methyl sites for hydroxylation is 2. The molecule has 0 fully saturated rings. The van der Waals surface area contributed by atoms with Crippen molar-refractivity contribution in [3.05, 3.63) is 102 Å². The van der Waals surface area contributed by atoms with Crippen molar-refractivity contribution in [2.45, 2.75) is 13.8 Å². The Morgan fingerprint density at radius 1 is 0.786 bits per heavy atom. The third kappa shape index (κ3) is 4.80. The lowest BCUT2D eigenvalue weighted by Crippen LogP contribution is -1.98. The zero-order valence-electron chi connectivity index (χ0n) is 16.4. The molecule has 0 radical (unpaired) electrons. The number of nitrogens with zero attached hydrogens (tertiary/aromatic N) is 4.